The standard InChI is InChI=1S/C15H21NOS/c1-4-16(13-7-8-13)15(17)10-18-14-9-11(2)5-6-12(14)3/h5-6,9,13H,4,7-8,10H2,1-3H3. The van der Waals surface area contributed by atoms with Gasteiger partial charge in [0, 0.05) is 17.5 Å². The van der Waals surface area contributed by atoms with E-state index < -0.39 is 0 Å². The fourth-order valence-corrected chi connectivity index (χ4v) is 3.12. The molecule has 0 spiro atoms. The SMILES string of the molecule is CCN(C(=O)CSc1cc(C)ccc1C)C1CC1. The van der Waals surface area contributed by atoms with Gasteiger partial charge in [-0.2, -0.15) is 0 Å². The van der Waals surface area contributed by atoms with E-state index in [0.29, 0.717) is 11.8 Å². The number of amides is 1. The van der Waals surface area contributed by atoms with E-state index in [9.17, 15) is 4.79 Å². The van der Waals surface area contributed by atoms with Crippen molar-refractivity contribution < 1.29 is 4.79 Å². The maximum atomic E-state index is 12.1. The van der Waals surface area contributed by atoms with Gasteiger partial charge >= 0.3 is 0 Å². The summed E-state index contributed by atoms with van der Waals surface area (Å²) in [6, 6.07) is 6.94. The van der Waals surface area contributed by atoms with Crippen LogP contribution in [-0.2, 0) is 4.79 Å². The predicted molar refractivity (Wildman–Crippen MR) is 77.0 cm³/mol. The van der Waals surface area contributed by atoms with Crippen LogP contribution >= 0.6 is 11.8 Å². The molecule has 1 aliphatic rings. The van der Waals surface area contributed by atoms with Crippen molar-refractivity contribution in [2.75, 3.05) is 12.3 Å². The number of rotatable bonds is 5. The zero-order valence-corrected chi connectivity index (χ0v) is 12.2. The number of carbonyl (C=O) groups excluding carboxylic acids is 1. The van der Waals surface area contributed by atoms with Gasteiger partial charge in [0.25, 0.3) is 0 Å². The Balaban J connectivity index is 1.94. The minimum Gasteiger partial charge on any atom is -0.339 e. The van der Waals surface area contributed by atoms with Crippen LogP contribution in [0.15, 0.2) is 23.1 Å². The van der Waals surface area contributed by atoms with E-state index in [2.05, 4.69) is 39.0 Å². The third kappa shape index (κ3) is 3.29. The molecule has 1 fully saturated rings. The Kier molecular flexibility index (Phi) is 4.33. The maximum Gasteiger partial charge on any atom is 0.233 e. The monoisotopic (exact) mass is 263 g/mol. The molecule has 0 N–H and O–H groups in total. The Morgan fingerprint density at radius 3 is 2.72 bits per heavy atom. The van der Waals surface area contributed by atoms with Crippen molar-refractivity contribution in [3.63, 3.8) is 0 Å². The molecule has 0 radical (unpaired) electrons. The van der Waals surface area contributed by atoms with E-state index in [0.717, 1.165) is 6.54 Å². The summed E-state index contributed by atoms with van der Waals surface area (Å²) in [5.74, 6) is 0.847. The van der Waals surface area contributed by atoms with E-state index in [1.165, 1.54) is 28.9 Å². The lowest BCUT2D eigenvalue weighted by Crippen LogP contribution is -2.34. The number of benzene rings is 1. The third-order valence-electron chi connectivity index (χ3n) is 3.34. The highest BCUT2D eigenvalue weighted by molar-refractivity contribution is 8.00. The molecule has 98 valence electrons. The van der Waals surface area contributed by atoms with Gasteiger partial charge in [-0.1, -0.05) is 17.7 Å². The van der Waals surface area contributed by atoms with Crippen LogP contribution in [0.2, 0.25) is 0 Å². The quantitative estimate of drug-likeness (QED) is 0.759. The molecule has 0 atom stereocenters. The Morgan fingerprint density at radius 1 is 1.39 bits per heavy atom. The third-order valence-corrected chi connectivity index (χ3v) is 4.49. The second-order valence-electron chi connectivity index (χ2n) is 4.97. The summed E-state index contributed by atoms with van der Waals surface area (Å²) in [5, 5.41) is 0. The first-order valence-corrected chi connectivity index (χ1v) is 7.60. The molecule has 0 bridgehead atoms. The molecule has 0 heterocycles. The van der Waals surface area contributed by atoms with E-state index >= 15 is 0 Å². The molecule has 0 saturated heterocycles. The number of hydrogen-bond acceptors (Lipinski definition) is 2. The van der Waals surface area contributed by atoms with Gasteiger partial charge in [0.05, 0.1) is 5.75 Å². The van der Waals surface area contributed by atoms with Gasteiger partial charge in [-0.25, -0.2) is 0 Å². The molecular weight excluding hydrogens is 242 g/mol. The lowest BCUT2D eigenvalue weighted by atomic mass is 10.2. The number of hydrogen-bond donors (Lipinski definition) is 0. The van der Waals surface area contributed by atoms with Crippen molar-refractivity contribution in [2.24, 2.45) is 0 Å². The first-order chi connectivity index (χ1) is 8.61. The molecule has 1 saturated carbocycles. The molecule has 0 aliphatic heterocycles. The van der Waals surface area contributed by atoms with E-state index in [1.807, 2.05) is 4.90 Å². The van der Waals surface area contributed by atoms with Crippen LogP contribution < -0.4 is 0 Å². The first-order valence-electron chi connectivity index (χ1n) is 6.61. The predicted octanol–water partition coefficient (Wildman–Crippen LogP) is 3.41. The molecule has 0 unspecified atom stereocenters. The van der Waals surface area contributed by atoms with E-state index in [-0.39, 0.29) is 5.91 Å². The minimum atomic E-state index is 0.283. The molecule has 1 aliphatic carbocycles. The molecule has 0 aromatic heterocycles. The van der Waals surface area contributed by atoms with Crippen molar-refractivity contribution >= 4 is 17.7 Å². The average molecular weight is 263 g/mol. The Morgan fingerprint density at radius 2 is 2.11 bits per heavy atom. The van der Waals surface area contributed by atoms with Gasteiger partial charge in [-0.15, -0.1) is 11.8 Å². The molecule has 18 heavy (non-hydrogen) atoms. The number of aryl methyl sites for hydroxylation is 2. The first kappa shape index (κ1) is 13.5. The topological polar surface area (TPSA) is 20.3 Å². The lowest BCUT2D eigenvalue weighted by Gasteiger charge is -2.20. The van der Waals surface area contributed by atoms with Crippen LogP contribution in [0.25, 0.3) is 0 Å². The zero-order valence-electron chi connectivity index (χ0n) is 11.4. The molecule has 1 aromatic rings. The lowest BCUT2D eigenvalue weighted by molar-refractivity contribution is -0.128. The minimum absolute atomic E-state index is 0.283. The summed E-state index contributed by atoms with van der Waals surface area (Å²) in [6.45, 7) is 7.11. The van der Waals surface area contributed by atoms with Crippen molar-refractivity contribution in [2.45, 2.75) is 44.6 Å². The molecule has 1 aromatic carbocycles. The van der Waals surface area contributed by atoms with Crippen LogP contribution in [0.1, 0.15) is 30.9 Å². The van der Waals surface area contributed by atoms with Crippen molar-refractivity contribution in [1.29, 1.82) is 0 Å². The van der Waals surface area contributed by atoms with Gasteiger partial charge in [-0.3, -0.25) is 4.79 Å². The average Bonchev–Trinajstić information content (AvgIpc) is 3.16. The Hall–Kier alpha value is -0.960. The summed E-state index contributed by atoms with van der Waals surface area (Å²) >= 11 is 1.67. The van der Waals surface area contributed by atoms with Crippen LogP contribution in [0.4, 0.5) is 0 Å². The van der Waals surface area contributed by atoms with E-state index in [1.54, 1.807) is 11.8 Å². The summed E-state index contributed by atoms with van der Waals surface area (Å²) in [6.07, 6.45) is 2.38. The molecule has 2 nitrogen and oxygen atoms in total. The highest BCUT2D eigenvalue weighted by Crippen LogP contribution is 2.29. The maximum absolute atomic E-state index is 12.1. The zero-order chi connectivity index (χ0) is 13.1. The number of carbonyl (C=O) groups is 1. The summed E-state index contributed by atoms with van der Waals surface area (Å²) in [4.78, 5) is 15.4. The summed E-state index contributed by atoms with van der Waals surface area (Å²) < 4.78 is 0. The Bertz CT molecular complexity index is 440. The van der Waals surface area contributed by atoms with Gasteiger partial charge in [0.15, 0.2) is 0 Å². The molecule has 1 amide bonds. The largest absolute Gasteiger partial charge is 0.339 e. The van der Waals surface area contributed by atoms with Gasteiger partial charge in [0.1, 0.15) is 0 Å². The van der Waals surface area contributed by atoms with Crippen LogP contribution in [0, 0.1) is 13.8 Å². The van der Waals surface area contributed by atoms with E-state index in [4.69, 9.17) is 0 Å². The molecular formula is C15H21NOS. The van der Waals surface area contributed by atoms with Gasteiger partial charge in [0.2, 0.25) is 5.91 Å². The number of thioether (sulfide) groups is 1. The van der Waals surface area contributed by atoms with Gasteiger partial charge in [-0.05, 0) is 45.2 Å². The number of nitrogens with zero attached hydrogens (tertiary/aromatic N) is 1. The van der Waals surface area contributed by atoms with Gasteiger partial charge < -0.3 is 4.90 Å². The van der Waals surface area contributed by atoms with Crippen LogP contribution in [0.3, 0.4) is 0 Å². The highest BCUT2D eigenvalue weighted by Gasteiger charge is 2.31. The van der Waals surface area contributed by atoms with Crippen molar-refractivity contribution in [1.82, 2.24) is 4.90 Å². The molecule has 2 rings (SSSR count). The van der Waals surface area contributed by atoms with Crippen LogP contribution in [-0.4, -0.2) is 29.1 Å². The summed E-state index contributed by atoms with van der Waals surface area (Å²) in [7, 11) is 0. The summed E-state index contributed by atoms with van der Waals surface area (Å²) in [5.41, 5.74) is 2.51. The second kappa shape index (κ2) is 5.79. The normalized spacial score (nSPS) is 14.6. The smallest absolute Gasteiger partial charge is 0.233 e. The Labute approximate surface area is 114 Å². The second-order valence-corrected chi connectivity index (χ2v) is 5.99. The fourth-order valence-electron chi connectivity index (χ4n) is 2.11. The van der Waals surface area contributed by atoms with Crippen molar-refractivity contribution in [3.8, 4) is 0 Å². The fraction of sp³-hybridized carbons (Fsp3) is 0.533. The van der Waals surface area contributed by atoms with Crippen LogP contribution in [0.5, 0.6) is 0 Å². The van der Waals surface area contributed by atoms with Crippen molar-refractivity contribution in [3.05, 3.63) is 29.3 Å². The highest BCUT2D eigenvalue weighted by atomic mass is 32.2. The molecule has 3 heteroatoms.